The van der Waals surface area contributed by atoms with E-state index in [0.717, 1.165) is 5.56 Å². The van der Waals surface area contributed by atoms with E-state index in [1.165, 1.54) is 28.8 Å². The molecule has 7 nitrogen and oxygen atoms in total. The van der Waals surface area contributed by atoms with E-state index in [1.54, 1.807) is 11.0 Å². The van der Waals surface area contributed by atoms with Crippen LogP contribution in [0.2, 0.25) is 0 Å². The molecule has 0 unspecified atom stereocenters. The van der Waals surface area contributed by atoms with Gasteiger partial charge in [-0.3, -0.25) is 19.7 Å². The van der Waals surface area contributed by atoms with Gasteiger partial charge in [0.15, 0.2) is 0 Å². The second kappa shape index (κ2) is 5.36. The smallest absolute Gasteiger partial charge is 0.271 e. The fourth-order valence-electron chi connectivity index (χ4n) is 2.53. The first kappa shape index (κ1) is 13.9. The predicted octanol–water partition coefficient (Wildman–Crippen LogP) is 1.02. The molecule has 1 fully saturated rings. The standard InChI is InChI=1S/C13H13N3O4S/c17-12(6-14-8-21-7-13(14)18)15-4-3-9-1-2-10(16(19)20)5-11(9)15/h1-2,5H,3-4,6-8H2. The van der Waals surface area contributed by atoms with Gasteiger partial charge in [0.25, 0.3) is 5.69 Å². The Labute approximate surface area is 125 Å². The van der Waals surface area contributed by atoms with Crippen LogP contribution in [0.3, 0.4) is 0 Å². The van der Waals surface area contributed by atoms with Crippen LogP contribution in [0.1, 0.15) is 5.56 Å². The molecule has 0 aliphatic carbocycles. The van der Waals surface area contributed by atoms with Crippen molar-refractivity contribution >= 4 is 35.0 Å². The maximum Gasteiger partial charge on any atom is 0.271 e. The van der Waals surface area contributed by atoms with E-state index in [1.807, 2.05) is 0 Å². The molecule has 0 bridgehead atoms. The van der Waals surface area contributed by atoms with Gasteiger partial charge in [-0.1, -0.05) is 6.07 Å². The molecule has 1 aromatic rings. The largest absolute Gasteiger partial charge is 0.323 e. The minimum absolute atomic E-state index is 0.0266. The summed E-state index contributed by atoms with van der Waals surface area (Å²) < 4.78 is 0. The number of carbonyl (C=O) groups excluding carboxylic acids is 2. The zero-order valence-corrected chi connectivity index (χ0v) is 12.0. The highest BCUT2D eigenvalue weighted by Gasteiger charge is 2.30. The van der Waals surface area contributed by atoms with Crippen LogP contribution in [0.15, 0.2) is 18.2 Å². The Morgan fingerprint density at radius 1 is 1.43 bits per heavy atom. The molecule has 2 aliphatic rings. The molecule has 21 heavy (non-hydrogen) atoms. The summed E-state index contributed by atoms with van der Waals surface area (Å²) in [5.74, 6) is 0.715. The third-order valence-electron chi connectivity index (χ3n) is 3.63. The van der Waals surface area contributed by atoms with Gasteiger partial charge in [-0.2, -0.15) is 0 Å². The summed E-state index contributed by atoms with van der Waals surface area (Å²) in [5.41, 5.74) is 1.49. The van der Waals surface area contributed by atoms with Gasteiger partial charge >= 0.3 is 0 Å². The van der Waals surface area contributed by atoms with Crippen molar-refractivity contribution in [3.8, 4) is 0 Å². The highest BCUT2D eigenvalue weighted by molar-refractivity contribution is 8.00. The third kappa shape index (κ3) is 2.58. The van der Waals surface area contributed by atoms with Gasteiger partial charge in [0.2, 0.25) is 11.8 Å². The first-order chi connectivity index (χ1) is 10.1. The van der Waals surface area contributed by atoms with E-state index >= 15 is 0 Å². The normalized spacial score (nSPS) is 17.2. The molecule has 0 radical (unpaired) electrons. The van der Waals surface area contributed by atoms with E-state index in [-0.39, 0.29) is 24.0 Å². The third-order valence-corrected chi connectivity index (χ3v) is 4.57. The Morgan fingerprint density at radius 2 is 2.24 bits per heavy atom. The zero-order chi connectivity index (χ0) is 15.0. The zero-order valence-electron chi connectivity index (χ0n) is 11.2. The second-order valence-corrected chi connectivity index (χ2v) is 5.89. The van der Waals surface area contributed by atoms with Crippen LogP contribution in [-0.4, -0.2) is 46.4 Å². The Morgan fingerprint density at radius 3 is 2.90 bits per heavy atom. The Bertz CT molecular complexity index is 634. The maximum atomic E-state index is 12.3. The lowest BCUT2D eigenvalue weighted by Gasteiger charge is -2.21. The molecule has 0 aromatic heterocycles. The highest BCUT2D eigenvalue weighted by Crippen LogP contribution is 2.32. The number of benzene rings is 1. The van der Waals surface area contributed by atoms with Crippen molar-refractivity contribution in [1.82, 2.24) is 4.90 Å². The van der Waals surface area contributed by atoms with E-state index in [9.17, 15) is 19.7 Å². The quantitative estimate of drug-likeness (QED) is 0.615. The van der Waals surface area contributed by atoms with Crippen LogP contribution in [0.4, 0.5) is 11.4 Å². The molecule has 2 amide bonds. The van der Waals surface area contributed by atoms with Gasteiger partial charge in [-0.25, -0.2) is 0 Å². The Balaban J connectivity index is 1.79. The van der Waals surface area contributed by atoms with Crippen LogP contribution in [0.25, 0.3) is 0 Å². The molecule has 0 atom stereocenters. The van der Waals surface area contributed by atoms with Crippen molar-refractivity contribution in [2.24, 2.45) is 0 Å². The van der Waals surface area contributed by atoms with Crippen molar-refractivity contribution < 1.29 is 14.5 Å². The van der Waals surface area contributed by atoms with Gasteiger partial charge in [-0.05, 0) is 12.0 Å². The minimum atomic E-state index is -0.470. The van der Waals surface area contributed by atoms with Gasteiger partial charge in [0.05, 0.1) is 22.2 Å². The summed E-state index contributed by atoms with van der Waals surface area (Å²) in [4.78, 5) is 37.3. The summed E-state index contributed by atoms with van der Waals surface area (Å²) in [6.07, 6.45) is 0.682. The number of nitro benzene ring substituents is 1. The van der Waals surface area contributed by atoms with Crippen LogP contribution >= 0.6 is 11.8 Å². The highest BCUT2D eigenvalue weighted by atomic mass is 32.2. The van der Waals surface area contributed by atoms with E-state index in [0.29, 0.717) is 30.3 Å². The fourth-order valence-corrected chi connectivity index (χ4v) is 3.43. The van der Waals surface area contributed by atoms with Crippen molar-refractivity contribution in [3.05, 3.63) is 33.9 Å². The predicted molar refractivity (Wildman–Crippen MR) is 78.2 cm³/mol. The monoisotopic (exact) mass is 307 g/mol. The molecule has 0 N–H and O–H groups in total. The van der Waals surface area contributed by atoms with Crippen LogP contribution < -0.4 is 4.90 Å². The number of non-ortho nitro benzene ring substituents is 1. The lowest BCUT2D eigenvalue weighted by molar-refractivity contribution is -0.384. The number of fused-ring (bicyclic) bond motifs is 1. The average Bonchev–Trinajstić information content (AvgIpc) is 3.04. The number of rotatable bonds is 3. The first-order valence-electron chi connectivity index (χ1n) is 6.49. The second-order valence-electron chi connectivity index (χ2n) is 4.93. The van der Waals surface area contributed by atoms with Gasteiger partial charge in [-0.15, -0.1) is 11.8 Å². The number of anilines is 1. The lowest BCUT2D eigenvalue weighted by Crippen LogP contribution is -2.40. The van der Waals surface area contributed by atoms with Crippen molar-refractivity contribution in [3.63, 3.8) is 0 Å². The van der Waals surface area contributed by atoms with Crippen molar-refractivity contribution in [2.45, 2.75) is 6.42 Å². The number of nitrogens with zero attached hydrogens (tertiary/aromatic N) is 3. The number of thioether (sulfide) groups is 1. The number of hydrogen-bond donors (Lipinski definition) is 0. The summed E-state index contributed by atoms with van der Waals surface area (Å²) in [7, 11) is 0. The van der Waals surface area contributed by atoms with E-state index in [4.69, 9.17) is 0 Å². The molecule has 0 saturated carbocycles. The fraction of sp³-hybridized carbons (Fsp3) is 0.385. The first-order valence-corrected chi connectivity index (χ1v) is 7.65. The molecule has 0 spiro atoms. The number of amides is 2. The van der Waals surface area contributed by atoms with Crippen molar-refractivity contribution in [2.75, 3.05) is 29.6 Å². The summed E-state index contributed by atoms with van der Waals surface area (Å²) in [6, 6.07) is 4.58. The van der Waals surface area contributed by atoms with E-state index in [2.05, 4.69) is 0 Å². The topological polar surface area (TPSA) is 83.8 Å². The van der Waals surface area contributed by atoms with Crippen LogP contribution in [0.5, 0.6) is 0 Å². The molecule has 3 rings (SSSR count). The Kier molecular flexibility index (Phi) is 3.54. The summed E-state index contributed by atoms with van der Waals surface area (Å²) in [6.45, 7) is 0.540. The molecule has 2 aliphatic heterocycles. The molecule has 1 aromatic carbocycles. The summed E-state index contributed by atoms with van der Waals surface area (Å²) in [5, 5.41) is 10.8. The molecule has 1 saturated heterocycles. The minimum Gasteiger partial charge on any atom is -0.323 e. The number of carbonyl (C=O) groups is 2. The maximum absolute atomic E-state index is 12.3. The number of nitro groups is 1. The van der Waals surface area contributed by atoms with Gasteiger partial charge < -0.3 is 9.80 Å². The van der Waals surface area contributed by atoms with Crippen LogP contribution in [-0.2, 0) is 16.0 Å². The van der Waals surface area contributed by atoms with Gasteiger partial charge in [0.1, 0.15) is 6.54 Å². The molecular weight excluding hydrogens is 294 g/mol. The van der Waals surface area contributed by atoms with E-state index < -0.39 is 4.92 Å². The molecular formula is C13H13N3O4S. The molecule has 2 heterocycles. The SMILES string of the molecule is O=C1CSCN1CC(=O)N1CCc2ccc([N+](=O)[O-])cc21. The lowest BCUT2D eigenvalue weighted by atomic mass is 10.1. The number of hydrogen-bond acceptors (Lipinski definition) is 5. The molecule has 8 heteroatoms. The Hall–Kier alpha value is -2.09. The average molecular weight is 307 g/mol. The van der Waals surface area contributed by atoms with Crippen molar-refractivity contribution in [1.29, 1.82) is 0 Å². The summed E-state index contributed by atoms with van der Waals surface area (Å²) >= 11 is 1.48. The van der Waals surface area contributed by atoms with Crippen LogP contribution in [0, 0.1) is 10.1 Å². The molecule has 110 valence electrons. The van der Waals surface area contributed by atoms with Gasteiger partial charge in [0, 0.05) is 18.7 Å².